The highest BCUT2D eigenvalue weighted by molar-refractivity contribution is 7.58. The number of carbonyl (C=O) groups is 1. The van der Waals surface area contributed by atoms with Crippen LogP contribution in [-0.2, 0) is 18.8 Å². The van der Waals surface area contributed by atoms with Crippen molar-refractivity contribution in [1.29, 1.82) is 0 Å². The minimum Gasteiger partial charge on any atom is -0.379 e. The Morgan fingerprint density at radius 2 is 1.57 bits per heavy atom. The highest BCUT2D eigenvalue weighted by Crippen LogP contribution is 2.52. The highest BCUT2D eigenvalue weighted by Gasteiger charge is 2.41. The Bertz CT molecular complexity index is 1210. The standard InChI is InChI=1S/C30H44BN4O4P/c1-30(2,3)34-18-22(39-27(31)19-34)20-38-21-40(37,32(4)5)35-16-14-33(15-17-35)29(36)28-25-12-8-6-10-23(25)24-11-7-9-13-26(24)28/h6-13,22,27-28H,14-21,31H2,1-5H3. The fourth-order valence-electron chi connectivity index (χ4n) is 6.27. The normalized spacial score (nSPS) is 24.1. The van der Waals surface area contributed by atoms with Crippen molar-refractivity contribution in [3.63, 3.8) is 0 Å². The minimum absolute atomic E-state index is 0.0507. The lowest BCUT2D eigenvalue weighted by Gasteiger charge is -2.44. The number of amides is 1. The van der Waals surface area contributed by atoms with Crippen LogP contribution in [0.25, 0.3) is 11.1 Å². The van der Waals surface area contributed by atoms with E-state index in [4.69, 9.17) is 9.47 Å². The molecule has 40 heavy (non-hydrogen) atoms. The summed E-state index contributed by atoms with van der Waals surface area (Å²) >= 11 is 0. The zero-order valence-corrected chi connectivity index (χ0v) is 25.8. The number of morpholine rings is 1. The maximum atomic E-state index is 14.2. The first kappa shape index (κ1) is 29.5. The summed E-state index contributed by atoms with van der Waals surface area (Å²) in [6.45, 7) is 11.0. The van der Waals surface area contributed by atoms with Crippen molar-refractivity contribution in [3.05, 3.63) is 59.7 Å². The van der Waals surface area contributed by atoms with Gasteiger partial charge in [0.1, 0.15) is 14.2 Å². The Balaban J connectivity index is 1.20. The number of rotatable bonds is 7. The van der Waals surface area contributed by atoms with Crippen LogP contribution in [0.2, 0.25) is 0 Å². The van der Waals surface area contributed by atoms with Gasteiger partial charge in [-0.15, -0.1) is 0 Å². The van der Waals surface area contributed by atoms with Crippen LogP contribution in [0.5, 0.6) is 0 Å². The van der Waals surface area contributed by atoms with E-state index in [2.05, 4.69) is 57.8 Å². The van der Waals surface area contributed by atoms with Crippen molar-refractivity contribution < 1.29 is 18.8 Å². The maximum absolute atomic E-state index is 14.2. The molecule has 8 nitrogen and oxygen atoms in total. The SMILES string of the molecule is BC1CN(C(C)(C)C)CC(COCP(=O)(N(C)C)N2CCN(C(=O)C3c4ccccc4-c4ccccc43)CC2)O1. The van der Waals surface area contributed by atoms with Gasteiger partial charge in [-0.2, -0.15) is 0 Å². The topological polar surface area (TPSA) is 65.6 Å². The summed E-state index contributed by atoms with van der Waals surface area (Å²) in [5.41, 5.74) is 4.51. The summed E-state index contributed by atoms with van der Waals surface area (Å²) in [5.74, 6) is -0.159. The molecule has 2 aliphatic heterocycles. The molecule has 3 atom stereocenters. The monoisotopic (exact) mass is 566 g/mol. The molecule has 1 amide bonds. The second-order valence-corrected chi connectivity index (χ2v) is 15.5. The van der Waals surface area contributed by atoms with Gasteiger partial charge in [-0.05, 0) is 57.1 Å². The van der Waals surface area contributed by atoms with E-state index in [1.165, 1.54) is 0 Å². The number of ether oxygens (including phenoxy) is 2. The van der Waals surface area contributed by atoms with Gasteiger partial charge in [-0.1, -0.05) is 48.5 Å². The molecule has 0 bridgehead atoms. The first-order valence-corrected chi connectivity index (χ1v) is 16.3. The third-order valence-corrected chi connectivity index (χ3v) is 11.6. The van der Waals surface area contributed by atoms with Crippen molar-refractivity contribution in [3.8, 4) is 11.1 Å². The van der Waals surface area contributed by atoms with Crippen molar-refractivity contribution in [2.75, 3.05) is 66.3 Å². The molecular weight excluding hydrogens is 522 g/mol. The summed E-state index contributed by atoms with van der Waals surface area (Å²) in [5, 5.41) is 0. The molecule has 1 aliphatic carbocycles. The average Bonchev–Trinajstić information content (AvgIpc) is 3.26. The molecule has 2 aromatic carbocycles. The summed E-state index contributed by atoms with van der Waals surface area (Å²) < 4.78 is 30.3. The lowest BCUT2D eigenvalue weighted by molar-refractivity contribution is -0.133. The first-order valence-electron chi connectivity index (χ1n) is 14.5. The Hall–Kier alpha value is -2.00. The van der Waals surface area contributed by atoms with Crippen molar-refractivity contribution in [2.24, 2.45) is 0 Å². The van der Waals surface area contributed by atoms with Crippen molar-refractivity contribution in [2.45, 2.75) is 44.3 Å². The molecule has 10 heteroatoms. The number of piperazine rings is 1. The molecule has 2 aromatic rings. The molecule has 3 aliphatic rings. The molecular formula is C30H44BN4O4P. The largest absolute Gasteiger partial charge is 0.379 e. The van der Waals surface area contributed by atoms with Crippen LogP contribution in [0.4, 0.5) is 0 Å². The average molecular weight is 566 g/mol. The van der Waals surface area contributed by atoms with E-state index in [1.54, 1.807) is 4.67 Å². The Morgan fingerprint density at radius 3 is 2.12 bits per heavy atom. The minimum atomic E-state index is -2.95. The third kappa shape index (κ3) is 5.83. The second-order valence-electron chi connectivity index (χ2n) is 12.5. The number of fused-ring (bicyclic) bond motifs is 3. The molecule has 216 valence electrons. The van der Waals surface area contributed by atoms with Crippen LogP contribution < -0.4 is 0 Å². The zero-order valence-electron chi connectivity index (χ0n) is 24.9. The molecule has 3 unspecified atom stereocenters. The van der Waals surface area contributed by atoms with Crippen LogP contribution in [-0.4, -0.2) is 117 Å². The van der Waals surface area contributed by atoms with Gasteiger partial charge in [0.2, 0.25) is 13.4 Å². The maximum Gasteiger partial charge on any atom is 0.241 e. The fourth-order valence-corrected chi connectivity index (χ4v) is 8.32. The van der Waals surface area contributed by atoms with Gasteiger partial charge in [0.25, 0.3) is 0 Å². The Morgan fingerprint density at radius 1 is 1.00 bits per heavy atom. The molecule has 2 saturated heterocycles. The fraction of sp³-hybridized carbons (Fsp3) is 0.567. The number of benzene rings is 2. The number of hydrogen-bond acceptors (Lipinski definition) is 5. The van der Waals surface area contributed by atoms with E-state index >= 15 is 0 Å². The van der Waals surface area contributed by atoms with Crippen LogP contribution in [0, 0.1) is 0 Å². The molecule has 0 spiro atoms. The zero-order chi connectivity index (χ0) is 28.7. The summed E-state index contributed by atoms with van der Waals surface area (Å²) in [4.78, 5) is 18.2. The van der Waals surface area contributed by atoms with Crippen LogP contribution in [0.3, 0.4) is 0 Å². The molecule has 0 aromatic heterocycles. The second kappa shape index (κ2) is 11.7. The third-order valence-electron chi connectivity index (χ3n) is 8.55. The van der Waals surface area contributed by atoms with Crippen molar-refractivity contribution in [1.82, 2.24) is 19.1 Å². The molecule has 2 heterocycles. The van der Waals surface area contributed by atoms with Crippen LogP contribution >= 0.6 is 7.44 Å². The van der Waals surface area contributed by atoms with E-state index in [9.17, 15) is 9.36 Å². The molecule has 5 rings (SSSR count). The van der Waals surface area contributed by atoms with Crippen molar-refractivity contribution >= 4 is 21.2 Å². The Labute approximate surface area is 240 Å². The van der Waals surface area contributed by atoms with E-state index < -0.39 is 7.44 Å². The molecule has 0 radical (unpaired) electrons. The van der Waals surface area contributed by atoms with E-state index in [0.717, 1.165) is 35.3 Å². The van der Waals surface area contributed by atoms with Crippen LogP contribution in [0.15, 0.2) is 48.5 Å². The number of nitrogens with zero attached hydrogens (tertiary/aromatic N) is 4. The number of carbonyl (C=O) groups excluding carboxylic acids is 1. The smallest absolute Gasteiger partial charge is 0.241 e. The summed E-state index contributed by atoms with van der Waals surface area (Å²) in [6.07, 6.45) is 0.0892. The van der Waals surface area contributed by atoms with Gasteiger partial charge in [0.05, 0.1) is 18.6 Å². The van der Waals surface area contributed by atoms with Gasteiger partial charge in [-0.3, -0.25) is 14.3 Å². The molecule has 0 saturated carbocycles. The Kier molecular flexibility index (Phi) is 8.63. The molecule has 0 N–H and O–H groups in total. The summed E-state index contributed by atoms with van der Waals surface area (Å²) in [7, 11) is 2.86. The lowest BCUT2D eigenvalue weighted by Crippen LogP contribution is -2.56. The first-order chi connectivity index (χ1) is 19.0. The van der Waals surface area contributed by atoms with Crippen LogP contribution in [0.1, 0.15) is 37.8 Å². The van der Waals surface area contributed by atoms with Gasteiger partial charge in [0, 0.05) is 50.8 Å². The summed E-state index contributed by atoms with van der Waals surface area (Å²) in [6, 6.07) is 16.6. The van der Waals surface area contributed by atoms with E-state index in [-0.39, 0.29) is 35.8 Å². The van der Waals surface area contributed by atoms with Gasteiger partial charge in [0.15, 0.2) is 0 Å². The highest BCUT2D eigenvalue weighted by atomic mass is 31.2. The van der Waals surface area contributed by atoms with E-state index in [1.807, 2.05) is 47.9 Å². The van der Waals surface area contributed by atoms with Gasteiger partial charge in [-0.25, -0.2) is 9.34 Å². The lowest BCUT2D eigenvalue weighted by atomic mass is 9.94. The van der Waals surface area contributed by atoms with E-state index in [0.29, 0.717) is 32.8 Å². The van der Waals surface area contributed by atoms with Gasteiger partial charge >= 0.3 is 0 Å². The predicted octanol–water partition coefficient (Wildman–Crippen LogP) is 3.13. The number of hydrogen-bond donors (Lipinski definition) is 0. The quantitative estimate of drug-likeness (QED) is 0.377. The van der Waals surface area contributed by atoms with Gasteiger partial charge < -0.3 is 14.4 Å². The molecule has 2 fully saturated rings. The predicted molar refractivity (Wildman–Crippen MR) is 163 cm³/mol.